The van der Waals surface area contributed by atoms with Crippen molar-refractivity contribution in [2.75, 3.05) is 0 Å². The lowest BCUT2D eigenvalue weighted by Crippen LogP contribution is -2.56. The van der Waals surface area contributed by atoms with Gasteiger partial charge in [-0.15, -0.1) is 0 Å². The van der Waals surface area contributed by atoms with Crippen molar-refractivity contribution in [3.63, 3.8) is 0 Å². The molecule has 0 bridgehead atoms. The molecule has 3 atom stereocenters. The Kier molecular flexibility index (Phi) is 0.945. The monoisotopic (exact) mass is 128 g/mol. The first-order valence-electron chi connectivity index (χ1n) is 3.64. The van der Waals surface area contributed by atoms with Crippen LogP contribution in [0.15, 0.2) is 0 Å². The van der Waals surface area contributed by atoms with Crippen molar-refractivity contribution in [3.8, 4) is 0 Å². The molecule has 2 nitrogen and oxygen atoms in total. The Balaban J connectivity index is 2.16. The second-order valence-corrected chi connectivity index (χ2v) is 3.33. The number of fused-ring (bicyclic) bond motifs is 1. The van der Waals surface area contributed by atoms with Crippen LogP contribution in [-0.4, -0.2) is 21.9 Å². The summed E-state index contributed by atoms with van der Waals surface area (Å²) in [6, 6.07) is 0. The van der Waals surface area contributed by atoms with Crippen LogP contribution in [0.1, 0.15) is 25.7 Å². The molecule has 0 unspecified atom stereocenters. The van der Waals surface area contributed by atoms with Gasteiger partial charge < -0.3 is 10.2 Å². The van der Waals surface area contributed by atoms with Crippen molar-refractivity contribution < 1.29 is 10.2 Å². The average molecular weight is 128 g/mol. The van der Waals surface area contributed by atoms with Crippen LogP contribution in [0.25, 0.3) is 0 Å². The molecule has 0 aromatic rings. The summed E-state index contributed by atoms with van der Waals surface area (Å²) in [6.45, 7) is 0. The minimum Gasteiger partial charge on any atom is -0.390 e. The molecule has 2 saturated carbocycles. The summed E-state index contributed by atoms with van der Waals surface area (Å²) in [4.78, 5) is 0. The van der Waals surface area contributed by atoms with E-state index in [9.17, 15) is 5.11 Å². The molecule has 2 fully saturated rings. The Labute approximate surface area is 54.5 Å². The number of aliphatic hydroxyl groups excluding tert-OH is 1. The normalized spacial score (nSPS) is 56.7. The number of hydrogen-bond donors (Lipinski definition) is 2. The highest BCUT2D eigenvalue weighted by atomic mass is 16.3. The highest BCUT2D eigenvalue weighted by molar-refractivity contribution is 5.07. The Hall–Kier alpha value is -0.0800. The summed E-state index contributed by atoms with van der Waals surface area (Å²) < 4.78 is 0. The van der Waals surface area contributed by atoms with E-state index in [-0.39, 0.29) is 0 Å². The molecule has 0 saturated heterocycles. The third-order valence-electron chi connectivity index (χ3n) is 2.92. The molecule has 2 aliphatic carbocycles. The Morgan fingerprint density at radius 2 is 2.22 bits per heavy atom. The fraction of sp³-hybridized carbons (Fsp3) is 1.00. The zero-order valence-electron chi connectivity index (χ0n) is 5.38. The van der Waals surface area contributed by atoms with Gasteiger partial charge >= 0.3 is 0 Å². The topological polar surface area (TPSA) is 40.5 Å². The third-order valence-corrected chi connectivity index (χ3v) is 2.92. The molecule has 0 aromatic carbocycles. The summed E-state index contributed by atoms with van der Waals surface area (Å²) in [5.74, 6) is 0.424. The molecule has 0 aromatic heterocycles. The van der Waals surface area contributed by atoms with Crippen molar-refractivity contribution in [2.24, 2.45) is 5.92 Å². The van der Waals surface area contributed by atoms with E-state index in [1.54, 1.807) is 0 Å². The minimum absolute atomic E-state index is 0.412. The summed E-state index contributed by atoms with van der Waals surface area (Å²) in [6.07, 6.45) is 3.45. The van der Waals surface area contributed by atoms with Crippen molar-refractivity contribution >= 4 is 0 Å². The molecule has 2 aliphatic rings. The lowest BCUT2D eigenvalue weighted by Gasteiger charge is -2.45. The van der Waals surface area contributed by atoms with Crippen molar-refractivity contribution in [2.45, 2.75) is 37.4 Å². The molecule has 0 amide bonds. The van der Waals surface area contributed by atoms with Crippen LogP contribution < -0.4 is 0 Å². The first-order valence-corrected chi connectivity index (χ1v) is 3.64. The van der Waals surface area contributed by atoms with Crippen LogP contribution in [0.5, 0.6) is 0 Å². The smallest absolute Gasteiger partial charge is 0.0934 e. The maximum Gasteiger partial charge on any atom is 0.0934 e. The molecule has 52 valence electrons. The highest BCUT2D eigenvalue weighted by Crippen LogP contribution is 2.50. The molecule has 0 radical (unpaired) electrons. The van der Waals surface area contributed by atoms with Gasteiger partial charge in [-0.3, -0.25) is 0 Å². The average Bonchev–Trinajstić information content (AvgIpc) is 2.11. The van der Waals surface area contributed by atoms with Gasteiger partial charge in [0, 0.05) is 0 Å². The fourth-order valence-electron chi connectivity index (χ4n) is 2.16. The summed E-state index contributed by atoms with van der Waals surface area (Å²) in [5.41, 5.74) is -0.653. The Bertz CT molecular complexity index is 135. The van der Waals surface area contributed by atoms with Crippen LogP contribution >= 0.6 is 0 Å². The predicted octanol–water partition coefficient (Wildman–Crippen LogP) is 0.282. The third kappa shape index (κ3) is 0.528. The largest absolute Gasteiger partial charge is 0.390 e. The summed E-state index contributed by atoms with van der Waals surface area (Å²) >= 11 is 0. The lowest BCUT2D eigenvalue weighted by atomic mass is 9.69. The zero-order valence-corrected chi connectivity index (χ0v) is 5.38. The molecule has 2 N–H and O–H groups in total. The second kappa shape index (κ2) is 1.50. The van der Waals surface area contributed by atoms with Gasteiger partial charge in [-0.2, -0.15) is 0 Å². The molecular formula is C7H12O2. The van der Waals surface area contributed by atoms with Crippen LogP contribution in [-0.2, 0) is 0 Å². The summed E-state index contributed by atoms with van der Waals surface area (Å²) in [5, 5.41) is 18.7. The van der Waals surface area contributed by atoms with Gasteiger partial charge in [-0.05, 0) is 25.2 Å². The van der Waals surface area contributed by atoms with Gasteiger partial charge in [-0.1, -0.05) is 6.42 Å². The van der Waals surface area contributed by atoms with Crippen LogP contribution in [0.3, 0.4) is 0 Å². The quantitative estimate of drug-likeness (QED) is 0.492. The first kappa shape index (κ1) is 5.69. The molecule has 9 heavy (non-hydrogen) atoms. The molecule has 2 heteroatoms. The first-order chi connectivity index (χ1) is 4.23. The van der Waals surface area contributed by atoms with Crippen molar-refractivity contribution in [1.82, 2.24) is 0 Å². The van der Waals surface area contributed by atoms with Crippen molar-refractivity contribution in [1.29, 1.82) is 0 Å². The van der Waals surface area contributed by atoms with E-state index in [0.717, 1.165) is 25.7 Å². The predicted molar refractivity (Wildman–Crippen MR) is 32.9 cm³/mol. The molecular weight excluding hydrogens is 116 g/mol. The lowest BCUT2D eigenvalue weighted by molar-refractivity contribution is -0.174. The fourth-order valence-corrected chi connectivity index (χ4v) is 2.16. The molecule has 0 heterocycles. The van der Waals surface area contributed by atoms with Gasteiger partial charge in [0.05, 0.1) is 11.7 Å². The molecule has 0 spiro atoms. The summed E-state index contributed by atoms with van der Waals surface area (Å²) in [7, 11) is 0. The standard InChI is InChI=1S/C7H12O2/c8-6-4-5-2-1-3-7(5,6)9/h5-6,8-9H,1-4H2/t5-,6-,7+/m0/s1. The van der Waals surface area contributed by atoms with Gasteiger partial charge in [-0.25, -0.2) is 0 Å². The molecule has 0 aliphatic heterocycles. The van der Waals surface area contributed by atoms with Crippen molar-refractivity contribution in [3.05, 3.63) is 0 Å². The second-order valence-electron chi connectivity index (χ2n) is 3.33. The Morgan fingerprint density at radius 3 is 2.67 bits per heavy atom. The number of hydrogen-bond acceptors (Lipinski definition) is 2. The number of rotatable bonds is 0. The molecule has 2 rings (SSSR count). The SMILES string of the molecule is O[C@H]1C[C@@H]2CCC[C@@]21O. The van der Waals surface area contributed by atoms with Crippen LogP contribution in [0.4, 0.5) is 0 Å². The van der Waals surface area contributed by atoms with Gasteiger partial charge in [0.15, 0.2) is 0 Å². The van der Waals surface area contributed by atoms with E-state index in [0.29, 0.717) is 5.92 Å². The van der Waals surface area contributed by atoms with Gasteiger partial charge in [0.25, 0.3) is 0 Å². The van der Waals surface area contributed by atoms with E-state index < -0.39 is 11.7 Å². The van der Waals surface area contributed by atoms with E-state index in [4.69, 9.17) is 5.11 Å². The maximum atomic E-state index is 9.57. The van der Waals surface area contributed by atoms with Gasteiger partial charge in [0.2, 0.25) is 0 Å². The highest BCUT2D eigenvalue weighted by Gasteiger charge is 2.55. The Morgan fingerprint density at radius 1 is 1.44 bits per heavy atom. The number of aliphatic hydroxyl groups is 2. The van der Waals surface area contributed by atoms with E-state index >= 15 is 0 Å². The van der Waals surface area contributed by atoms with E-state index in [1.807, 2.05) is 0 Å². The van der Waals surface area contributed by atoms with E-state index in [2.05, 4.69) is 0 Å². The zero-order chi connectivity index (χ0) is 6.48. The van der Waals surface area contributed by atoms with E-state index in [1.165, 1.54) is 0 Å². The van der Waals surface area contributed by atoms with Crippen LogP contribution in [0, 0.1) is 5.92 Å². The van der Waals surface area contributed by atoms with Gasteiger partial charge in [0.1, 0.15) is 0 Å². The minimum atomic E-state index is -0.653. The van der Waals surface area contributed by atoms with Crippen LogP contribution in [0.2, 0.25) is 0 Å². The maximum absolute atomic E-state index is 9.57.